The summed E-state index contributed by atoms with van der Waals surface area (Å²) in [5, 5.41) is 23.7. The Morgan fingerprint density at radius 2 is 1.36 bits per heavy atom. The summed E-state index contributed by atoms with van der Waals surface area (Å²) in [4.78, 5) is 39.1. The second kappa shape index (κ2) is 15.5. The van der Waals surface area contributed by atoms with E-state index >= 15 is 0 Å². The van der Waals surface area contributed by atoms with Gasteiger partial charge in [0.25, 0.3) is 0 Å². The third-order valence-electron chi connectivity index (χ3n) is 1.72. The van der Waals surface area contributed by atoms with Crippen LogP contribution >= 0.6 is 12.6 Å². The van der Waals surface area contributed by atoms with Gasteiger partial charge in [-0.25, -0.2) is 0 Å². The van der Waals surface area contributed by atoms with Gasteiger partial charge in [0.15, 0.2) is 0 Å². The lowest BCUT2D eigenvalue weighted by Crippen LogP contribution is -2.36. The Bertz CT molecular complexity index is 367. The summed E-state index contributed by atoms with van der Waals surface area (Å²) >= 11 is 3.65. The van der Waals surface area contributed by atoms with Crippen molar-refractivity contribution >= 4 is 36.4 Å². The number of aliphatic carboxylic acids is 3. The van der Waals surface area contributed by atoms with Crippen molar-refractivity contribution in [2.75, 3.05) is 12.3 Å². The van der Waals surface area contributed by atoms with Gasteiger partial charge in [0, 0.05) is 12.2 Å². The van der Waals surface area contributed by atoms with Gasteiger partial charge in [0.05, 0.1) is 12.6 Å². The molecule has 1 amide bonds. The average Bonchev–Trinajstić information content (AvgIpc) is 2.44. The molecule has 0 aromatic carbocycles. The molecule has 11 nitrogen and oxygen atoms in total. The normalized spacial score (nSPS) is 11.6. The number of hydrogen-bond acceptors (Lipinski definition) is 8. The highest BCUT2D eigenvalue weighted by molar-refractivity contribution is 7.80. The number of rotatable bonds is 7. The maximum absolute atomic E-state index is 10.2. The zero-order chi connectivity index (χ0) is 18.3. The summed E-state index contributed by atoms with van der Waals surface area (Å²) in [6.45, 7) is -0.278. The standard InChI is InChI=1S/C5H10N2O3.C3H7NO2S.C2H5NO2/c6-3(5(7)10)1-2-4(8)9;4-2(1-7)3(5)6;3-1-2(4)5/h3H,1-2,6H2,(H2,7,10)(H,8,9);2,7H,1,4H2,(H,5,6);1,3H2,(H,4,5)/t3-;2-;/m00./s1. The van der Waals surface area contributed by atoms with Gasteiger partial charge in [0.1, 0.15) is 6.04 Å². The maximum atomic E-state index is 10.2. The maximum Gasteiger partial charge on any atom is 0.321 e. The molecular formula is C10H22N4O7S. The van der Waals surface area contributed by atoms with Crippen molar-refractivity contribution in [3.63, 3.8) is 0 Å². The molecule has 130 valence electrons. The largest absolute Gasteiger partial charge is 0.481 e. The molecule has 0 heterocycles. The molecule has 0 aliphatic heterocycles. The fourth-order valence-corrected chi connectivity index (χ4v) is 0.656. The molecule has 0 fully saturated rings. The van der Waals surface area contributed by atoms with Gasteiger partial charge in [0.2, 0.25) is 5.91 Å². The van der Waals surface area contributed by atoms with Crippen molar-refractivity contribution in [2.45, 2.75) is 24.9 Å². The van der Waals surface area contributed by atoms with Crippen LogP contribution in [0, 0.1) is 0 Å². The van der Waals surface area contributed by atoms with Crippen LogP contribution < -0.4 is 22.9 Å². The van der Waals surface area contributed by atoms with E-state index in [1.165, 1.54) is 0 Å². The van der Waals surface area contributed by atoms with E-state index < -0.39 is 35.9 Å². The Balaban J connectivity index is -0.000000263. The zero-order valence-electron chi connectivity index (χ0n) is 11.7. The molecule has 11 N–H and O–H groups in total. The molecule has 0 saturated heterocycles. The monoisotopic (exact) mass is 342 g/mol. The predicted molar refractivity (Wildman–Crippen MR) is 80.2 cm³/mol. The molecule has 0 aliphatic rings. The minimum absolute atomic E-state index is 0.102. The first-order valence-corrected chi connectivity index (χ1v) is 6.40. The smallest absolute Gasteiger partial charge is 0.321 e. The molecule has 2 atom stereocenters. The van der Waals surface area contributed by atoms with E-state index in [4.69, 9.17) is 32.5 Å². The number of carbonyl (C=O) groups is 4. The number of carbonyl (C=O) groups excluding carboxylic acids is 1. The first kappa shape index (κ1) is 25.1. The second-order valence-electron chi connectivity index (χ2n) is 3.67. The van der Waals surface area contributed by atoms with Crippen molar-refractivity contribution in [2.24, 2.45) is 22.9 Å². The van der Waals surface area contributed by atoms with E-state index in [0.29, 0.717) is 0 Å². The van der Waals surface area contributed by atoms with Gasteiger partial charge in [-0.1, -0.05) is 0 Å². The molecule has 0 saturated carbocycles. The number of amides is 1. The minimum Gasteiger partial charge on any atom is -0.481 e. The Hall–Kier alpha value is -1.89. The van der Waals surface area contributed by atoms with Crippen LogP contribution in [-0.2, 0) is 19.2 Å². The fraction of sp³-hybridized carbons (Fsp3) is 0.600. The van der Waals surface area contributed by atoms with E-state index in [9.17, 15) is 19.2 Å². The van der Waals surface area contributed by atoms with Crippen molar-refractivity contribution in [3.8, 4) is 0 Å². The molecule has 0 aromatic rings. The summed E-state index contributed by atoms with van der Waals surface area (Å²) in [5.74, 6) is -3.42. The molecule has 0 rings (SSSR count). The summed E-state index contributed by atoms with van der Waals surface area (Å²) in [7, 11) is 0. The lowest BCUT2D eigenvalue weighted by atomic mass is 10.1. The molecule has 12 heteroatoms. The van der Waals surface area contributed by atoms with E-state index in [-0.39, 0.29) is 25.1 Å². The lowest BCUT2D eigenvalue weighted by Gasteiger charge is -2.02. The minimum atomic E-state index is -1.00. The van der Waals surface area contributed by atoms with Crippen molar-refractivity contribution in [3.05, 3.63) is 0 Å². The molecule has 0 aromatic heterocycles. The van der Waals surface area contributed by atoms with Gasteiger partial charge in [-0.3, -0.25) is 19.2 Å². The third-order valence-corrected chi connectivity index (χ3v) is 2.12. The Labute approximate surface area is 132 Å². The van der Waals surface area contributed by atoms with Crippen LogP contribution in [0.15, 0.2) is 0 Å². The topological polar surface area (TPSA) is 233 Å². The molecule has 0 radical (unpaired) electrons. The van der Waals surface area contributed by atoms with Gasteiger partial charge in [-0.15, -0.1) is 0 Å². The number of carboxylic acid groups (broad SMARTS) is 3. The highest BCUT2D eigenvalue weighted by Crippen LogP contribution is 1.92. The van der Waals surface area contributed by atoms with Crippen LogP contribution in [0.3, 0.4) is 0 Å². The quantitative estimate of drug-likeness (QED) is 0.218. The summed E-state index contributed by atoms with van der Waals surface area (Å²) in [6, 6.07) is -1.65. The first-order valence-electron chi connectivity index (χ1n) is 5.77. The number of carboxylic acids is 3. The van der Waals surface area contributed by atoms with E-state index in [0.717, 1.165) is 0 Å². The van der Waals surface area contributed by atoms with Crippen molar-refractivity contribution in [1.82, 2.24) is 0 Å². The molecule has 0 aliphatic carbocycles. The van der Waals surface area contributed by atoms with Crippen LogP contribution in [0.1, 0.15) is 12.8 Å². The molecular weight excluding hydrogens is 320 g/mol. The Morgan fingerprint density at radius 1 is 0.955 bits per heavy atom. The van der Waals surface area contributed by atoms with Crippen LogP contribution in [0.2, 0.25) is 0 Å². The van der Waals surface area contributed by atoms with Crippen LogP contribution in [0.4, 0.5) is 0 Å². The SMILES string of the molecule is NC(=O)[C@@H](N)CCC(=O)O.NCC(=O)O.N[C@@H](CS)C(=O)O. The molecule has 0 bridgehead atoms. The fourth-order valence-electron chi connectivity index (χ4n) is 0.499. The Morgan fingerprint density at radius 3 is 1.50 bits per heavy atom. The van der Waals surface area contributed by atoms with Crippen molar-refractivity contribution in [1.29, 1.82) is 0 Å². The van der Waals surface area contributed by atoms with Crippen LogP contribution in [0.5, 0.6) is 0 Å². The summed E-state index contributed by atoms with van der Waals surface area (Å²) in [6.07, 6.45) is -0.0191. The predicted octanol–water partition coefficient (Wildman–Crippen LogP) is -2.98. The van der Waals surface area contributed by atoms with E-state index in [2.05, 4.69) is 18.4 Å². The highest BCUT2D eigenvalue weighted by Gasteiger charge is 2.10. The Kier molecular flexibility index (Phi) is 17.7. The van der Waals surface area contributed by atoms with Gasteiger partial charge in [-0.2, -0.15) is 12.6 Å². The molecule has 22 heavy (non-hydrogen) atoms. The van der Waals surface area contributed by atoms with Gasteiger partial charge >= 0.3 is 17.9 Å². The second-order valence-corrected chi connectivity index (χ2v) is 4.03. The third kappa shape index (κ3) is 23.2. The average molecular weight is 342 g/mol. The summed E-state index contributed by atoms with van der Waals surface area (Å²) in [5.41, 5.74) is 19.4. The number of hydrogen-bond donors (Lipinski definition) is 8. The van der Waals surface area contributed by atoms with E-state index in [1.54, 1.807) is 0 Å². The first-order chi connectivity index (χ1) is 9.99. The summed E-state index contributed by atoms with van der Waals surface area (Å²) < 4.78 is 0. The highest BCUT2D eigenvalue weighted by atomic mass is 32.1. The molecule has 0 spiro atoms. The molecule has 0 unspecified atom stereocenters. The number of nitrogens with two attached hydrogens (primary N) is 4. The lowest BCUT2D eigenvalue weighted by molar-refractivity contribution is -0.138. The number of thiol groups is 1. The van der Waals surface area contributed by atoms with Crippen LogP contribution in [-0.4, -0.2) is 63.5 Å². The zero-order valence-corrected chi connectivity index (χ0v) is 12.6. The van der Waals surface area contributed by atoms with Gasteiger partial charge < -0.3 is 38.3 Å². The van der Waals surface area contributed by atoms with Crippen LogP contribution in [0.25, 0.3) is 0 Å². The van der Waals surface area contributed by atoms with Gasteiger partial charge in [-0.05, 0) is 6.42 Å². The van der Waals surface area contributed by atoms with Crippen molar-refractivity contribution < 1.29 is 34.5 Å². The van der Waals surface area contributed by atoms with E-state index in [1.807, 2.05) is 0 Å². The number of primary amides is 1.